The van der Waals surface area contributed by atoms with Gasteiger partial charge in [-0.3, -0.25) is 9.88 Å². The highest BCUT2D eigenvalue weighted by molar-refractivity contribution is 5.73. The predicted molar refractivity (Wildman–Crippen MR) is 86.1 cm³/mol. The Hall–Kier alpha value is -1.52. The Kier molecular flexibility index (Phi) is 4.78. The van der Waals surface area contributed by atoms with Crippen LogP contribution in [0.25, 0.3) is 11.0 Å². The zero-order valence-corrected chi connectivity index (χ0v) is 12.8. The summed E-state index contributed by atoms with van der Waals surface area (Å²) < 4.78 is 0. The number of para-hydroxylation sites is 2. The number of likely N-dealkylation sites (tertiary alicyclic amines) is 1. The Bertz CT molecular complexity index is 578. The first-order valence-corrected chi connectivity index (χ1v) is 7.98. The highest BCUT2D eigenvalue weighted by atomic mass is 15.2. The normalized spacial score (nSPS) is 18.0. The zero-order valence-electron chi connectivity index (χ0n) is 12.8. The van der Waals surface area contributed by atoms with Crippen molar-refractivity contribution in [2.45, 2.75) is 38.8 Å². The van der Waals surface area contributed by atoms with E-state index in [2.05, 4.69) is 27.1 Å². The molecule has 2 aromatic rings. The van der Waals surface area contributed by atoms with Crippen molar-refractivity contribution >= 4 is 11.0 Å². The van der Waals surface area contributed by atoms with Gasteiger partial charge in [0.1, 0.15) is 0 Å². The molecule has 21 heavy (non-hydrogen) atoms. The maximum Gasteiger partial charge on any atom is 0.0890 e. The van der Waals surface area contributed by atoms with Gasteiger partial charge in [0.15, 0.2) is 0 Å². The number of benzene rings is 1. The van der Waals surface area contributed by atoms with E-state index >= 15 is 0 Å². The lowest BCUT2D eigenvalue weighted by Crippen LogP contribution is -2.43. The maximum atomic E-state index is 4.65. The third-order valence-electron chi connectivity index (χ3n) is 4.26. The van der Waals surface area contributed by atoms with Gasteiger partial charge in [-0.15, -0.1) is 0 Å². The van der Waals surface area contributed by atoms with Crippen molar-refractivity contribution in [2.24, 2.45) is 0 Å². The number of aromatic nitrogens is 2. The average Bonchev–Trinajstić information content (AvgIpc) is 2.55. The highest BCUT2D eigenvalue weighted by Gasteiger charge is 2.15. The van der Waals surface area contributed by atoms with Crippen LogP contribution in [-0.2, 0) is 6.54 Å². The molecular formula is C17H24N4. The first-order valence-electron chi connectivity index (χ1n) is 7.98. The predicted octanol–water partition coefficient (Wildman–Crippen LogP) is 2.59. The summed E-state index contributed by atoms with van der Waals surface area (Å²) in [6, 6.07) is 8.61. The van der Waals surface area contributed by atoms with Gasteiger partial charge >= 0.3 is 0 Å². The summed E-state index contributed by atoms with van der Waals surface area (Å²) in [6.07, 6.45) is 5.96. The number of rotatable bonds is 5. The molecule has 1 aliphatic heterocycles. The Morgan fingerprint density at radius 1 is 1.14 bits per heavy atom. The fourth-order valence-electron chi connectivity index (χ4n) is 2.98. The molecule has 112 valence electrons. The monoisotopic (exact) mass is 284 g/mol. The number of hydrogen-bond donors (Lipinski definition) is 1. The van der Waals surface area contributed by atoms with Crippen LogP contribution in [-0.4, -0.2) is 40.5 Å². The molecule has 3 rings (SSSR count). The number of nitrogens with zero attached hydrogens (tertiary/aromatic N) is 3. The van der Waals surface area contributed by atoms with Crippen LogP contribution in [0.5, 0.6) is 0 Å². The third kappa shape index (κ3) is 3.77. The van der Waals surface area contributed by atoms with Gasteiger partial charge in [-0.1, -0.05) is 18.6 Å². The van der Waals surface area contributed by atoms with Crippen LogP contribution < -0.4 is 5.32 Å². The van der Waals surface area contributed by atoms with Gasteiger partial charge in [-0.25, -0.2) is 4.98 Å². The average molecular weight is 284 g/mol. The third-order valence-corrected chi connectivity index (χ3v) is 4.26. The topological polar surface area (TPSA) is 41.1 Å². The van der Waals surface area contributed by atoms with Crippen LogP contribution in [0.2, 0.25) is 0 Å². The molecule has 0 aliphatic carbocycles. The quantitative estimate of drug-likeness (QED) is 0.916. The van der Waals surface area contributed by atoms with E-state index in [4.69, 9.17) is 0 Å². The minimum atomic E-state index is 0.596. The van der Waals surface area contributed by atoms with Crippen molar-refractivity contribution in [1.29, 1.82) is 0 Å². The molecule has 1 saturated heterocycles. The summed E-state index contributed by atoms with van der Waals surface area (Å²) in [5.74, 6) is 0. The second-order valence-electron chi connectivity index (χ2n) is 5.93. The van der Waals surface area contributed by atoms with E-state index in [0.717, 1.165) is 29.8 Å². The lowest BCUT2D eigenvalue weighted by atomic mass is 10.1. The summed E-state index contributed by atoms with van der Waals surface area (Å²) in [4.78, 5) is 11.7. The van der Waals surface area contributed by atoms with Gasteiger partial charge in [0.05, 0.1) is 22.9 Å². The van der Waals surface area contributed by atoms with Gasteiger partial charge in [-0.05, 0) is 45.0 Å². The van der Waals surface area contributed by atoms with Crippen LogP contribution in [0.3, 0.4) is 0 Å². The van der Waals surface area contributed by atoms with E-state index in [9.17, 15) is 0 Å². The molecule has 4 nitrogen and oxygen atoms in total. The molecule has 1 unspecified atom stereocenters. The van der Waals surface area contributed by atoms with Gasteiger partial charge in [0, 0.05) is 19.1 Å². The van der Waals surface area contributed by atoms with Gasteiger partial charge in [-0.2, -0.15) is 0 Å². The molecular weight excluding hydrogens is 260 g/mol. The first-order chi connectivity index (χ1) is 10.3. The molecule has 1 aromatic heterocycles. The molecule has 1 fully saturated rings. The van der Waals surface area contributed by atoms with E-state index < -0.39 is 0 Å². The maximum absolute atomic E-state index is 4.65. The van der Waals surface area contributed by atoms with E-state index in [1.54, 1.807) is 0 Å². The zero-order chi connectivity index (χ0) is 14.5. The molecule has 1 aromatic carbocycles. The summed E-state index contributed by atoms with van der Waals surface area (Å²) in [6.45, 7) is 6.60. The molecule has 2 heterocycles. The number of piperidine rings is 1. The SMILES string of the molecule is CC(CNCc1cnc2ccccc2n1)N1CCCCC1. The second-order valence-corrected chi connectivity index (χ2v) is 5.93. The minimum absolute atomic E-state index is 0.596. The molecule has 0 spiro atoms. The largest absolute Gasteiger partial charge is 0.310 e. The molecule has 1 aliphatic rings. The standard InChI is InChI=1S/C17H24N4/c1-14(21-9-5-2-6-10-21)11-18-12-15-13-19-16-7-3-4-8-17(16)20-15/h3-4,7-8,13-14,18H,2,5-6,9-12H2,1H3. The van der Waals surface area contributed by atoms with Gasteiger partial charge < -0.3 is 5.32 Å². The molecule has 1 atom stereocenters. The lowest BCUT2D eigenvalue weighted by Gasteiger charge is -2.32. The summed E-state index contributed by atoms with van der Waals surface area (Å²) in [5.41, 5.74) is 2.95. The molecule has 4 heteroatoms. The fourth-order valence-corrected chi connectivity index (χ4v) is 2.98. The fraction of sp³-hybridized carbons (Fsp3) is 0.529. The van der Waals surface area contributed by atoms with Gasteiger partial charge in [0.25, 0.3) is 0 Å². The van der Waals surface area contributed by atoms with Crippen LogP contribution in [0, 0.1) is 0 Å². The molecule has 0 bridgehead atoms. The van der Waals surface area contributed by atoms with E-state index in [-0.39, 0.29) is 0 Å². The van der Waals surface area contributed by atoms with Crippen LogP contribution in [0.1, 0.15) is 31.9 Å². The Morgan fingerprint density at radius 2 is 1.90 bits per heavy atom. The first kappa shape index (κ1) is 14.4. The number of hydrogen-bond acceptors (Lipinski definition) is 4. The molecule has 1 N–H and O–H groups in total. The Balaban J connectivity index is 1.51. The molecule has 0 amide bonds. The summed E-state index contributed by atoms with van der Waals surface area (Å²) in [5, 5.41) is 3.52. The Labute approximate surface area is 126 Å². The summed E-state index contributed by atoms with van der Waals surface area (Å²) in [7, 11) is 0. The molecule has 0 radical (unpaired) electrons. The van der Waals surface area contributed by atoms with E-state index in [0.29, 0.717) is 6.04 Å². The van der Waals surface area contributed by atoms with Gasteiger partial charge in [0.2, 0.25) is 0 Å². The highest BCUT2D eigenvalue weighted by Crippen LogP contribution is 2.12. The van der Waals surface area contributed by atoms with Crippen LogP contribution in [0.15, 0.2) is 30.5 Å². The van der Waals surface area contributed by atoms with Crippen molar-refractivity contribution < 1.29 is 0 Å². The number of nitrogens with one attached hydrogen (secondary N) is 1. The van der Waals surface area contributed by atoms with Crippen molar-refractivity contribution in [1.82, 2.24) is 20.2 Å². The van der Waals surface area contributed by atoms with E-state index in [1.807, 2.05) is 30.5 Å². The van der Waals surface area contributed by atoms with Crippen molar-refractivity contribution in [3.05, 3.63) is 36.2 Å². The van der Waals surface area contributed by atoms with Crippen LogP contribution >= 0.6 is 0 Å². The lowest BCUT2D eigenvalue weighted by molar-refractivity contribution is 0.170. The second kappa shape index (κ2) is 6.96. The smallest absolute Gasteiger partial charge is 0.0890 e. The summed E-state index contributed by atoms with van der Waals surface area (Å²) >= 11 is 0. The van der Waals surface area contributed by atoms with Crippen LogP contribution in [0.4, 0.5) is 0 Å². The number of fused-ring (bicyclic) bond motifs is 1. The van der Waals surface area contributed by atoms with Crippen molar-refractivity contribution in [3.8, 4) is 0 Å². The Morgan fingerprint density at radius 3 is 2.71 bits per heavy atom. The van der Waals surface area contributed by atoms with Crippen molar-refractivity contribution in [2.75, 3.05) is 19.6 Å². The minimum Gasteiger partial charge on any atom is -0.310 e. The molecule has 0 saturated carbocycles. The van der Waals surface area contributed by atoms with E-state index in [1.165, 1.54) is 32.4 Å². The van der Waals surface area contributed by atoms with Crippen molar-refractivity contribution in [3.63, 3.8) is 0 Å².